The number of hydrogen-bond donors (Lipinski definition) is 2. The van der Waals surface area contributed by atoms with Crippen LogP contribution in [0.4, 0.5) is 0 Å². The number of amides is 1. The lowest BCUT2D eigenvalue weighted by Gasteiger charge is -2.17. The lowest BCUT2D eigenvalue weighted by molar-refractivity contribution is -0.121. The number of rotatable bonds is 4. The number of hydrogen-bond acceptors (Lipinski definition) is 3. The van der Waals surface area contributed by atoms with Crippen molar-refractivity contribution in [3.05, 3.63) is 35.9 Å². The van der Waals surface area contributed by atoms with Crippen LogP contribution in [0.5, 0.6) is 0 Å². The Morgan fingerprint density at radius 1 is 1.44 bits per heavy atom. The molecule has 1 aromatic rings. The van der Waals surface area contributed by atoms with Crippen molar-refractivity contribution in [2.24, 2.45) is 11.7 Å². The molecule has 1 fully saturated rings. The van der Waals surface area contributed by atoms with Crippen molar-refractivity contribution >= 4 is 5.91 Å². The van der Waals surface area contributed by atoms with Crippen LogP contribution < -0.4 is 5.73 Å². The van der Waals surface area contributed by atoms with Crippen LogP contribution in [-0.4, -0.2) is 41.7 Å². The molecule has 4 heteroatoms. The molecule has 2 rings (SSSR count). The van der Waals surface area contributed by atoms with Gasteiger partial charge in [0.2, 0.25) is 5.91 Å². The smallest absolute Gasteiger partial charge is 0.222 e. The van der Waals surface area contributed by atoms with Gasteiger partial charge in [0.1, 0.15) is 0 Å². The van der Waals surface area contributed by atoms with E-state index in [9.17, 15) is 9.90 Å². The van der Waals surface area contributed by atoms with E-state index >= 15 is 0 Å². The molecule has 4 nitrogen and oxygen atoms in total. The van der Waals surface area contributed by atoms with Gasteiger partial charge in [0, 0.05) is 25.6 Å². The monoisotopic (exact) mass is 248 g/mol. The van der Waals surface area contributed by atoms with Gasteiger partial charge in [0.05, 0.1) is 12.0 Å². The number of carbonyl (C=O) groups is 1. The number of primary amides is 1. The maximum atomic E-state index is 11.5. The maximum absolute atomic E-state index is 11.5. The maximum Gasteiger partial charge on any atom is 0.222 e. The van der Waals surface area contributed by atoms with Gasteiger partial charge in [-0.25, -0.2) is 0 Å². The molecule has 3 N–H and O–H groups in total. The van der Waals surface area contributed by atoms with Crippen molar-refractivity contribution < 1.29 is 9.90 Å². The molecular weight excluding hydrogens is 228 g/mol. The Bertz CT molecular complexity index is 406. The molecule has 0 spiro atoms. The fraction of sp³-hybridized carbons (Fsp3) is 0.500. The molecule has 3 atom stereocenters. The molecule has 0 aromatic heterocycles. The minimum atomic E-state index is -0.381. The minimum Gasteiger partial charge on any atom is -0.392 e. The Morgan fingerprint density at radius 3 is 2.67 bits per heavy atom. The zero-order valence-corrected chi connectivity index (χ0v) is 10.6. The highest BCUT2D eigenvalue weighted by Crippen LogP contribution is 2.32. The first-order valence-corrected chi connectivity index (χ1v) is 6.32. The van der Waals surface area contributed by atoms with Gasteiger partial charge in [-0.1, -0.05) is 30.3 Å². The summed E-state index contributed by atoms with van der Waals surface area (Å²) in [6.45, 7) is 3.77. The molecule has 1 heterocycles. The third-order valence-electron chi connectivity index (χ3n) is 3.51. The summed E-state index contributed by atoms with van der Waals surface area (Å²) in [5.74, 6) is -0.273. The van der Waals surface area contributed by atoms with Crippen LogP contribution in [0.3, 0.4) is 0 Å². The first-order chi connectivity index (χ1) is 8.58. The third kappa shape index (κ3) is 2.89. The summed E-state index contributed by atoms with van der Waals surface area (Å²) in [4.78, 5) is 13.7. The average molecular weight is 248 g/mol. The number of aliphatic hydroxyl groups is 1. The number of likely N-dealkylation sites (tertiary alicyclic amines) is 1. The lowest BCUT2D eigenvalue weighted by Crippen LogP contribution is -2.31. The Balaban J connectivity index is 2.15. The minimum absolute atomic E-state index is 0.141. The zero-order valence-electron chi connectivity index (χ0n) is 10.6. The standard InChI is InChI=1S/C14H20N2O2/c1-10(17)7-16-8-12(13(9-16)14(15)18)11-5-3-2-4-6-11/h2-6,10,12-13,17H,7-9H2,1H3,(H2,15,18)/t10-,12+,13-/m0/s1. The second kappa shape index (κ2) is 5.50. The highest BCUT2D eigenvalue weighted by molar-refractivity contribution is 5.78. The van der Waals surface area contributed by atoms with E-state index < -0.39 is 0 Å². The molecule has 1 aromatic carbocycles. The fourth-order valence-electron chi connectivity index (χ4n) is 2.73. The summed E-state index contributed by atoms with van der Waals surface area (Å²) in [6, 6.07) is 9.99. The van der Waals surface area contributed by atoms with Gasteiger partial charge < -0.3 is 10.8 Å². The van der Waals surface area contributed by atoms with Crippen LogP contribution in [-0.2, 0) is 4.79 Å². The molecule has 1 amide bonds. The van der Waals surface area contributed by atoms with Crippen LogP contribution in [0.15, 0.2) is 30.3 Å². The predicted molar refractivity (Wildman–Crippen MR) is 70.0 cm³/mol. The van der Waals surface area contributed by atoms with E-state index in [0.29, 0.717) is 13.1 Å². The number of aliphatic hydroxyl groups excluding tert-OH is 1. The van der Waals surface area contributed by atoms with Gasteiger partial charge in [-0.3, -0.25) is 9.69 Å². The Labute approximate surface area is 107 Å². The highest BCUT2D eigenvalue weighted by atomic mass is 16.3. The number of nitrogens with zero attached hydrogens (tertiary/aromatic N) is 1. The molecule has 98 valence electrons. The summed E-state index contributed by atoms with van der Waals surface area (Å²) >= 11 is 0. The molecule has 0 unspecified atom stereocenters. The van der Waals surface area contributed by atoms with E-state index in [1.54, 1.807) is 6.92 Å². The van der Waals surface area contributed by atoms with Crippen molar-refractivity contribution in [2.75, 3.05) is 19.6 Å². The molecule has 18 heavy (non-hydrogen) atoms. The van der Waals surface area contributed by atoms with Crippen LogP contribution in [0.2, 0.25) is 0 Å². The van der Waals surface area contributed by atoms with Crippen molar-refractivity contribution in [3.63, 3.8) is 0 Å². The molecule has 0 saturated carbocycles. The van der Waals surface area contributed by atoms with E-state index in [4.69, 9.17) is 5.73 Å². The van der Waals surface area contributed by atoms with E-state index in [-0.39, 0.29) is 23.8 Å². The van der Waals surface area contributed by atoms with Gasteiger partial charge in [-0.15, -0.1) is 0 Å². The summed E-state index contributed by atoms with van der Waals surface area (Å²) in [5.41, 5.74) is 6.64. The first kappa shape index (κ1) is 13.1. The first-order valence-electron chi connectivity index (χ1n) is 6.32. The van der Waals surface area contributed by atoms with Gasteiger partial charge in [0.25, 0.3) is 0 Å². The second-order valence-corrected chi connectivity index (χ2v) is 5.09. The van der Waals surface area contributed by atoms with E-state index in [1.165, 1.54) is 0 Å². The fourth-order valence-corrected chi connectivity index (χ4v) is 2.73. The van der Waals surface area contributed by atoms with Crippen molar-refractivity contribution in [1.82, 2.24) is 4.90 Å². The number of nitrogens with two attached hydrogens (primary N) is 1. The van der Waals surface area contributed by atoms with Crippen molar-refractivity contribution in [1.29, 1.82) is 0 Å². The normalized spacial score (nSPS) is 26.1. The lowest BCUT2D eigenvalue weighted by atomic mass is 9.89. The number of carbonyl (C=O) groups excluding carboxylic acids is 1. The Hall–Kier alpha value is -1.39. The van der Waals surface area contributed by atoms with E-state index in [1.807, 2.05) is 30.3 Å². The summed E-state index contributed by atoms with van der Waals surface area (Å²) in [7, 11) is 0. The zero-order chi connectivity index (χ0) is 13.1. The van der Waals surface area contributed by atoms with Crippen LogP contribution >= 0.6 is 0 Å². The van der Waals surface area contributed by atoms with Gasteiger partial charge in [-0.2, -0.15) is 0 Å². The molecule has 1 aliphatic heterocycles. The molecule has 0 radical (unpaired) electrons. The van der Waals surface area contributed by atoms with Gasteiger partial charge >= 0.3 is 0 Å². The predicted octanol–water partition coefficient (Wildman–Crippen LogP) is 0.568. The molecule has 0 aliphatic carbocycles. The molecular formula is C14H20N2O2. The SMILES string of the molecule is C[C@H](O)CN1C[C@H](C(N)=O)[C@@H](c2ccccc2)C1. The van der Waals surface area contributed by atoms with E-state index in [2.05, 4.69) is 4.90 Å². The average Bonchev–Trinajstić information content (AvgIpc) is 2.73. The van der Waals surface area contributed by atoms with Crippen molar-refractivity contribution in [2.45, 2.75) is 18.9 Å². The van der Waals surface area contributed by atoms with Gasteiger partial charge in [0.15, 0.2) is 0 Å². The second-order valence-electron chi connectivity index (χ2n) is 5.09. The summed E-state index contributed by atoms with van der Waals surface area (Å²) in [5, 5.41) is 9.44. The van der Waals surface area contributed by atoms with Crippen LogP contribution in [0.1, 0.15) is 18.4 Å². The molecule has 1 saturated heterocycles. The van der Waals surface area contributed by atoms with Crippen LogP contribution in [0, 0.1) is 5.92 Å². The summed E-state index contributed by atoms with van der Waals surface area (Å²) in [6.07, 6.45) is -0.381. The quantitative estimate of drug-likeness (QED) is 0.818. The largest absolute Gasteiger partial charge is 0.392 e. The highest BCUT2D eigenvalue weighted by Gasteiger charge is 2.37. The van der Waals surface area contributed by atoms with E-state index in [0.717, 1.165) is 12.1 Å². The molecule has 0 bridgehead atoms. The van der Waals surface area contributed by atoms with Crippen molar-refractivity contribution in [3.8, 4) is 0 Å². The third-order valence-corrected chi connectivity index (χ3v) is 3.51. The Morgan fingerprint density at radius 2 is 2.11 bits per heavy atom. The number of benzene rings is 1. The summed E-state index contributed by atoms with van der Waals surface area (Å²) < 4.78 is 0. The Kier molecular flexibility index (Phi) is 3.99. The molecule has 1 aliphatic rings. The number of β-amino-alcohol motifs (C(OH)–C–C–N with tert-alkyl or cyclic N) is 1. The van der Waals surface area contributed by atoms with Crippen LogP contribution in [0.25, 0.3) is 0 Å². The van der Waals surface area contributed by atoms with Gasteiger partial charge in [-0.05, 0) is 12.5 Å². The topological polar surface area (TPSA) is 66.6 Å².